The number of nitrogens with zero attached hydrogens (tertiary/aromatic N) is 3. The number of aromatic amines is 1. The lowest BCUT2D eigenvalue weighted by atomic mass is 10.1. The average molecular weight is 221 g/mol. The molecule has 0 aromatic carbocycles. The van der Waals surface area contributed by atoms with Crippen molar-refractivity contribution < 1.29 is 5.11 Å². The van der Waals surface area contributed by atoms with Crippen molar-refractivity contribution in [2.75, 3.05) is 11.9 Å². The third-order valence-corrected chi connectivity index (χ3v) is 2.55. The monoisotopic (exact) mass is 221 g/mol. The summed E-state index contributed by atoms with van der Waals surface area (Å²) < 4.78 is 0. The maximum Gasteiger partial charge on any atom is 0.182 e. The molecule has 6 nitrogen and oxygen atoms in total. The van der Waals surface area contributed by atoms with Gasteiger partial charge in [-0.25, -0.2) is 15.0 Å². The Kier molecular flexibility index (Phi) is 3.00. The van der Waals surface area contributed by atoms with Gasteiger partial charge in [-0.15, -0.1) is 0 Å². The Balaban J connectivity index is 2.29. The first kappa shape index (κ1) is 10.8. The summed E-state index contributed by atoms with van der Waals surface area (Å²) in [6.45, 7) is 4.15. The summed E-state index contributed by atoms with van der Waals surface area (Å²) in [7, 11) is 0. The highest BCUT2D eigenvalue weighted by atomic mass is 16.3. The second-order valence-corrected chi connectivity index (χ2v) is 4.00. The zero-order chi connectivity index (χ0) is 11.5. The molecule has 0 saturated heterocycles. The number of anilines is 1. The van der Waals surface area contributed by atoms with Crippen molar-refractivity contribution in [1.29, 1.82) is 0 Å². The predicted molar refractivity (Wildman–Crippen MR) is 61.0 cm³/mol. The van der Waals surface area contributed by atoms with Crippen molar-refractivity contribution in [3.05, 3.63) is 12.7 Å². The molecule has 2 heterocycles. The van der Waals surface area contributed by atoms with Crippen molar-refractivity contribution in [3.63, 3.8) is 0 Å². The number of fused-ring (bicyclic) bond motifs is 1. The molecule has 2 aromatic heterocycles. The van der Waals surface area contributed by atoms with Crippen LogP contribution < -0.4 is 5.32 Å². The van der Waals surface area contributed by atoms with Gasteiger partial charge in [-0.1, -0.05) is 13.8 Å². The van der Waals surface area contributed by atoms with E-state index in [2.05, 4.69) is 25.3 Å². The number of aromatic nitrogens is 4. The second-order valence-electron chi connectivity index (χ2n) is 4.00. The fraction of sp³-hybridized carbons (Fsp3) is 0.500. The topological polar surface area (TPSA) is 86.7 Å². The quantitative estimate of drug-likeness (QED) is 0.710. The van der Waals surface area contributed by atoms with Gasteiger partial charge in [0.25, 0.3) is 0 Å². The Morgan fingerprint density at radius 2 is 2.19 bits per heavy atom. The molecule has 1 atom stereocenters. The predicted octanol–water partition coefficient (Wildman–Crippen LogP) is 0.782. The molecule has 1 unspecified atom stereocenters. The van der Waals surface area contributed by atoms with Gasteiger partial charge in [0.15, 0.2) is 11.5 Å². The Morgan fingerprint density at radius 3 is 2.88 bits per heavy atom. The summed E-state index contributed by atoms with van der Waals surface area (Å²) in [6, 6.07) is -0.0265. The van der Waals surface area contributed by atoms with E-state index in [1.54, 1.807) is 6.33 Å². The van der Waals surface area contributed by atoms with E-state index in [0.717, 1.165) is 5.52 Å². The van der Waals surface area contributed by atoms with Gasteiger partial charge in [-0.2, -0.15) is 0 Å². The van der Waals surface area contributed by atoms with Crippen LogP contribution in [0.2, 0.25) is 0 Å². The molecule has 0 aliphatic heterocycles. The van der Waals surface area contributed by atoms with Crippen LogP contribution in [-0.4, -0.2) is 37.7 Å². The van der Waals surface area contributed by atoms with E-state index in [1.165, 1.54) is 6.33 Å². The van der Waals surface area contributed by atoms with E-state index in [9.17, 15) is 5.11 Å². The average Bonchev–Trinajstić information content (AvgIpc) is 2.73. The molecular weight excluding hydrogens is 206 g/mol. The molecule has 0 saturated carbocycles. The lowest BCUT2D eigenvalue weighted by Crippen LogP contribution is -2.30. The largest absolute Gasteiger partial charge is 0.394 e. The number of hydrogen-bond donors (Lipinski definition) is 3. The molecule has 16 heavy (non-hydrogen) atoms. The number of H-pyrrole nitrogens is 1. The van der Waals surface area contributed by atoms with Crippen LogP contribution in [0.4, 0.5) is 5.82 Å². The summed E-state index contributed by atoms with van der Waals surface area (Å²) >= 11 is 0. The number of rotatable bonds is 4. The van der Waals surface area contributed by atoms with Gasteiger partial charge in [0.05, 0.1) is 19.0 Å². The van der Waals surface area contributed by atoms with Crippen LogP contribution in [0.3, 0.4) is 0 Å². The van der Waals surface area contributed by atoms with Crippen molar-refractivity contribution in [2.24, 2.45) is 5.92 Å². The highest BCUT2D eigenvalue weighted by molar-refractivity contribution is 5.82. The van der Waals surface area contributed by atoms with Gasteiger partial charge in [-0.3, -0.25) is 0 Å². The van der Waals surface area contributed by atoms with E-state index in [4.69, 9.17) is 0 Å². The van der Waals surface area contributed by atoms with E-state index >= 15 is 0 Å². The number of aliphatic hydroxyl groups is 1. The lowest BCUT2D eigenvalue weighted by Gasteiger charge is -2.20. The van der Waals surface area contributed by atoms with Crippen molar-refractivity contribution >= 4 is 17.0 Å². The van der Waals surface area contributed by atoms with Gasteiger partial charge in [0, 0.05) is 0 Å². The molecule has 0 spiro atoms. The number of hydrogen-bond acceptors (Lipinski definition) is 5. The van der Waals surface area contributed by atoms with Gasteiger partial charge in [-0.05, 0) is 5.92 Å². The van der Waals surface area contributed by atoms with Crippen LogP contribution in [0.5, 0.6) is 0 Å². The van der Waals surface area contributed by atoms with E-state index in [-0.39, 0.29) is 12.6 Å². The lowest BCUT2D eigenvalue weighted by molar-refractivity contribution is 0.249. The summed E-state index contributed by atoms with van der Waals surface area (Å²) in [5.41, 5.74) is 1.39. The third-order valence-electron chi connectivity index (χ3n) is 2.55. The van der Waals surface area contributed by atoms with Gasteiger partial charge >= 0.3 is 0 Å². The minimum absolute atomic E-state index is 0.0265. The molecule has 0 aliphatic carbocycles. The first-order valence-corrected chi connectivity index (χ1v) is 5.24. The van der Waals surface area contributed by atoms with Crippen molar-refractivity contribution in [2.45, 2.75) is 19.9 Å². The number of nitrogens with one attached hydrogen (secondary N) is 2. The molecule has 0 amide bonds. The molecule has 86 valence electrons. The molecule has 0 bridgehead atoms. The first-order valence-electron chi connectivity index (χ1n) is 5.24. The normalized spacial score (nSPS) is 13.2. The standard InChI is InChI=1S/C10H15N5O/c1-6(2)7(3-16)15-10-8-9(12-4-11-8)13-5-14-10/h4-7,16H,3H2,1-2H3,(H2,11,12,13,14,15). The Bertz CT molecular complexity index is 467. The number of imidazole rings is 1. The molecule has 0 fully saturated rings. The highest BCUT2D eigenvalue weighted by Crippen LogP contribution is 2.17. The third kappa shape index (κ3) is 1.96. The molecule has 0 aliphatic rings. The van der Waals surface area contributed by atoms with Crippen LogP contribution in [0.1, 0.15) is 13.8 Å². The van der Waals surface area contributed by atoms with E-state index in [0.29, 0.717) is 17.4 Å². The summed E-state index contributed by atoms with van der Waals surface area (Å²) in [5, 5.41) is 12.4. The van der Waals surface area contributed by atoms with Crippen molar-refractivity contribution in [1.82, 2.24) is 19.9 Å². The second kappa shape index (κ2) is 4.44. The molecule has 2 rings (SSSR count). The molecule has 6 heteroatoms. The zero-order valence-corrected chi connectivity index (χ0v) is 9.31. The minimum atomic E-state index is -0.0265. The maximum atomic E-state index is 9.25. The zero-order valence-electron chi connectivity index (χ0n) is 9.31. The smallest absolute Gasteiger partial charge is 0.182 e. The summed E-state index contributed by atoms with van der Waals surface area (Å²) in [5.74, 6) is 0.994. The van der Waals surface area contributed by atoms with Crippen LogP contribution >= 0.6 is 0 Å². The summed E-state index contributed by atoms with van der Waals surface area (Å²) in [6.07, 6.45) is 3.04. The van der Waals surface area contributed by atoms with Crippen LogP contribution in [-0.2, 0) is 0 Å². The van der Waals surface area contributed by atoms with E-state index < -0.39 is 0 Å². The molecular formula is C10H15N5O. The number of aliphatic hydroxyl groups excluding tert-OH is 1. The fourth-order valence-corrected chi connectivity index (χ4v) is 1.47. The molecule has 0 radical (unpaired) electrons. The van der Waals surface area contributed by atoms with Crippen LogP contribution in [0.15, 0.2) is 12.7 Å². The van der Waals surface area contributed by atoms with Gasteiger partial charge < -0.3 is 15.4 Å². The highest BCUT2D eigenvalue weighted by Gasteiger charge is 2.14. The first-order chi connectivity index (χ1) is 7.72. The molecule has 2 aromatic rings. The van der Waals surface area contributed by atoms with Gasteiger partial charge in [0.2, 0.25) is 0 Å². The van der Waals surface area contributed by atoms with Gasteiger partial charge in [0.1, 0.15) is 11.8 Å². The Hall–Kier alpha value is -1.69. The Morgan fingerprint density at radius 1 is 1.38 bits per heavy atom. The van der Waals surface area contributed by atoms with Crippen LogP contribution in [0.25, 0.3) is 11.2 Å². The van der Waals surface area contributed by atoms with Crippen LogP contribution in [0, 0.1) is 5.92 Å². The Labute approximate surface area is 93.1 Å². The SMILES string of the molecule is CC(C)C(CO)Nc1ncnc2nc[nH]c12. The summed E-state index contributed by atoms with van der Waals surface area (Å²) in [4.78, 5) is 15.2. The van der Waals surface area contributed by atoms with Crippen molar-refractivity contribution in [3.8, 4) is 0 Å². The molecule has 3 N–H and O–H groups in total. The maximum absolute atomic E-state index is 9.25. The van der Waals surface area contributed by atoms with E-state index in [1.807, 2.05) is 13.8 Å². The fourth-order valence-electron chi connectivity index (χ4n) is 1.47. The minimum Gasteiger partial charge on any atom is -0.394 e.